The molecule has 0 aliphatic rings. The van der Waals surface area contributed by atoms with Gasteiger partial charge in [-0.15, -0.1) is 0 Å². The molecule has 2 aromatic rings. The van der Waals surface area contributed by atoms with Crippen LogP contribution in [0.2, 0.25) is 0 Å². The summed E-state index contributed by atoms with van der Waals surface area (Å²) < 4.78 is 24.9. The van der Waals surface area contributed by atoms with E-state index in [0.29, 0.717) is 16.0 Å². The van der Waals surface area contributed by atoms with E-state index in [9.17, 15) is 4.39 Å². The van der Waals surface area contributed by atoms with Crippen LogP contribution in [0.3, 0.4) is 0 Å². The summed E-state index contributed by atoms with van der Waals surface area (Å²) in [5.74, 6) is 1.46. The second-order valence-electron chi connectivity index (χ2n) is 3.90. The minimum absolute atomic E-state index is 0.251. The number of hydrogen-bond donors (Lipinski definition) is 1. The van der Waals surface area contributed by atoms with Crippen molar-refractivity contribution < 1.29 is 13.5 Å². The van der Waals surface area contributed by atoms with Crippen molar-refractivity contribution in [2.75, 3.05) is 6.54 Å². The number of aryl methyl sites for hydroxylation is 1. The van der Waals surface area contributed by atoms with Crippen LogP contribution in [0.5, 0.6) is 5.75 Å². The molecule has 2 N–H and O–H groups in total. The Balaban J connectivity index is 2.20. The smallest absolute Gasteiger partial charge is 0.168 e. The topological polar surface area (TPSA) is 48.4 Å². The van der Waals surface area contributed by atoms with Crippen LogP contribution < -0.4 is 10.5 Å². The van der Waals surface area contributed by atoms with E-state index >= 15 is 0 Å². The van der Waals surface area contributed by atoms with Crippen LogP contribution in [0.15, 0.2) is 39.2 Å². The van der Waals surface area contributed by atoms with Gasteiger partial charge in [0.15, 0.2) is 6.10 Å². The summed E-state index contributed by atoms with van der Waals surface area (Å²) >= 11 is 3.21. The molecule has 3 nitrogen and oxygen atoms in total. The van der Waals surface area contributed by atoms with E-state index in [1.54, 1.807) is 12.1 Å². The lowest BCUT2D eigenvalue weighted by molar-refractivity contribution is 0.181. The largest absolute Gasteiger partial charge is 0.481 e. The fourth-order valence-corrected chi connectivity index (χ4v) is 2.05. The Morgan fingerprint density at radius 3 is 2.72 bits per heavy atom. The Hall–Kier alpha value is -1.33. The Morgan fingerprint density at radius 1 is 1.39 bits per heavy atom. The summed E-state index contributed by atoms with van der Waals surface area (Å²) in [7, 11) is 0. The van der Waals surface area contributed by atoms with E-state index in [-0.39, 0.29) is 12.4 Å². The van der Waals surface area contributed by atoms with Gasteiger partial charge in [-0.05, 0) is 31.2 Å². The van der Waals surface area contributed by atoms with Gasteiger partial charge in [-0.3, -0.25) is 0 Å². The van der Waals surface area contributed by atoms with Gasteiger partial charge in [0.05, 0.1) is 0 Å². The zero-order chi connectivity index (χ0) is 13.1. The third-order valence-corrected chi connectivity index (χ3v) is 2.86. The molecule has 0 aliphatic heterocycles. The molecule has 1 aromatic heterocycles. The van der Waals surface area contributed by atoms with Gasteiger partial charge in [0, 0.05) is 17.1 Å². The van der Waals surface area contributed by atoms with Crippen LogP contribution in [0, 0.1) is 12.7 Å². The maximum absolute atomic E-state index is 13.2. The summed E-state index contributed by atoms with van der Waals surface area (Å²) in [5.41, 5.74) is 5.65. The highest BCUT2D eigenvalue weighted by Crippen LogP contribution is 2.26. The lowest BCUT2D eigenvalue weighted by Gasteiger charge is -2.15. The molecule has 0 fully saturated rings. The van der Waals surface area contributed by atoms with Crippen LogP contribution in [0.4, 0.5) is 4.39 Å². The molecular weight excluding hydrogens is 301 g/mol. The maximum atomic E-state index is 13.2. The molecule has 0 saturated carbocycles. The molecule has 1 unspecified atom stereocenters. The van der Waals surface area contributed by atoms with E-state index < -0.39 is 6.10 Å². The highest BCUT2D eigenvalue weighted by Gasteiger charge is 2.16. The highest BCUT2D eigenvalue weighted by atomic mass is 79.9. The van der Waals surface area contributed by atoms with E-state index in [1.807, 2.05) is 13.0 Å². The van der Waals surface area contributed by atoms with Gasteiger partial charge in [-0.2, -0.15) is 0 Å². The molecule has 0 saturated heterocycles. The van der Waals surface area contributed by atoms with Crippen molar-refractivity contribution in [3.63, 3.8) is 0 Å². The summed E-state index contributed by atoms with van der Waals surface area (Å²) in [5, 5.41) is 0. The first kappa shape index (κ1) is 13.1. The normalized spacial score (nSPS) is 12.4. The van der Waals surface area contributed by atoms with Gasteiger partial charge < -0.3 is 14.9 Å². The molecule has 0 amide bonds. The quantitative estimate of drug-likeness (QED) is 0.938. The summed E-state index contributed by atoms with van der Waals surface area (Å²) in [6, 6.07) is 8.00. The van der Waals surface area contributed by atoms with E-state index in [1.165, 1.54) is 12.1 Å². The predicted octanol–water partition coefficient (Wildman–Crippen LogP) is 3.57. The first-order valence-electron chi connectivity index (χ1n) is 5.47. The van der Waals surface area contributed by atoms with E-state index in [0.717, 1.165) is 5.76 Å². The third-order valence-electron chi connectivity index (χ3n) is 2.41. The molecule has 1 atom stereocenters. The standard InChI is InChI=1S/C13H13BrFNO2/c1-8-2-3-12(17-8)13(7-16)18-11-5-9(14)4-10(15)6-11/h2-6,13H,7,16H2,1H3. The number of halogens is 2. The fraction of sp³-hybridized carbons (Fsp3) is 0.231. The van der Waals surface area contributed by atoms with Crippen molar-refractivity contribution in [2.24, 2.45) is 5.73 Å². The monoisotopic (exact) mass is 313 g/mol. The maximum Gasteiger partial charge on any atom is 0.168 e. The summed E-state index contributed by atoms with van der Waals surface area (Å²) in [4.78, 5) is 0. The predicted molar refractivity (Wildman–Crippen MR) is 70.0 cm³/mol. The molecule has 96 valence electrons. The Kier molecular flexibility index (Phi) is 4.04. The molecule has 18 heavy (non-hydrogen) atoms. The zero-order valence-corrected chi connectivity index (χ0v) is 11.4. The Morgan fingerprint density at radius 2 is 2.17 bits per heavy atom. The summed E-state index contributed by atoms with van der Waals surface area (Å²) in [6.45, 7) is 2.09. The average Bonchev–Trinajstić information content (AvgIpc) is 2.71. The summed E-state index contributed by atoms with van der Waals surface area (Å²) in [6.07, 6.45) is -0.424. The zero-order valence-electron chi connectivity index (χ0n) is 9.82. The van der Waals surface area contributed by atoms with E-state index in [4.69, 9.17) is 14.9 Å². The van der Waals surface area contributed by atoms with Crippen molar-refractivity contribution in [1.29, 1.82) is 0 Å². The second kappa shape index (κ2) is 5.54. The van der Waals surface area contributed by atoms with Gasteiger partial charge >= 0.3 is 0 Å². The van der Waals surface area contributed by atoms with Gasteiger partial charge in [-0.25, -0.2) is 4.39 Å². The Labute approximate surface area is 113 Å². The lowest BCUT2D eigenvalue weighted by Crippen LogP contribution is -2.18. The second-order valence-corrected chi connectivity index (χ2v) is 4.81. The highest BCUT2D eigenvalue weighted by molar-refractivity contribution is 9.10. The van der Waals surface area contributed by atoms with Crippen LogP contribution in [-0.2, 0) is 0 Å². The molecule has 2 rings (SSSR count). The fourth-order valence-electron chi connectivity index (χ4n) is 1.61. The number of nitrogens with two attached hydrogens (primary N) is 1. The Bertz CT molecular complexity index is 521. The first-order chi connectivity index (χ1) is 8.58. The van der Waals surface area contributed by atoms with Gasteiger partial charge in [0.1, 0.15) is 23.1 Å². The molecule has 1 heterocycles. The van der Waals surface area contributed by atoms with Gasteiger partial charge in [0.2, 0.25) is 0 Å². The third kappa shape index (κ3) is 3.11. The molecule has 0 radical (unpaired) electrons. The van der Waals surface area contributed by atoms with Crippen LogP contribution >= 0.6 is 15.9 Å². The SMILES string of the molecule is Cc1ccc(C(CN)Oc2cc(F)cc(Br)c2)o1. The molecule has 1 aromatic carbocycles. The molecular formula is C13H13BrFNO2. The van der Waals surface area contributed by atoms with Crippen molar-refractivity contribution in [3.8, 4) is 5.75 Å². The van der Waals surface area contributed by atoms with Crippen LogP contribution in [0.25, 0.3) is 0 Å². The number of benzene rings is 1. The van der Waals surface area contributed by atoms with Crippen molar-refractivity contribution in [2.45, 2.75) is 13.0 Å². The molecule has 0 bridgehead atoms. The number of ether oxygens (including phenoxy) is 1. The minimum atomic E-state index is -0.424. The van der Waals surface area contributed by atoms with E-state index in [2.05, 4.69) is 15.9 Å². The average molecular weight is 314 g/mol. The number of rotatable bonds is 4. The molecule has 0 aliphatic carbocycles. The molecule has 5 heteroatoms. The van der Waals surface area contributed by atoms with Crippen molar-refractivity contribution in [3.05, 3.63) is 52.1 Å². The number of furan rings is 1. The van der Waals surface area contributed by atoms with Gasteiger partial charge in [-0.1, -0.05) is 15.9 Å². The first-order valence-corrected chi connectivity index (χ1v) is 6.27. The minimum Gasteiger partial charge on any atom is -0.481 e. The van der Waals surface area contributed by atoms with Crippen molar-refractivity contribution >= 4 is 15.9 Å². The van der Waals surface area contributed by atoms with Crippen LogP contribution in [-0.4, -0.2) is 6.54 Å². The van der Waals surface area contributed by atoms with Crippen LogP contribution in [0.1, 0.15) is 17.6 Å². The van der Waals surface area contributed by atoms with Gasteiger partial charge in [0.25, 0.3) is 0 Å². The lowest BCUT2D eigenvalue weighted by atomic mass is 10.2. The molecule has 0 spiro atoms. The number of hydrogen-bond acceptors (Lipinski definition) is 3. The van der Waals surface area contributed by atoms with Crippen molar-refractivity contribution in [1.82, 2.24) is 0 Å².